The molecular weight excluding hydrogens is 454 g/mol. The van der Waals surface area contributed by atoms with Crippen molar-refractivity contribution in [3.63, 3.8) is 0 Å². The monoisotopic (exact) mass is 477 g/mol. The van der Waals surface area contributed by atoms with Crippen LogP contribution >= 0.6 is 0 Å². The molecule has 1 amide bonds. The molecule has 1 aliphatic heterocycles. The molecule has 1 fully saturated rings. The number of hydrogen-bond donors (Lipinski definition) is 0. The summed E-state index contributed by atoms with van der Waals surface area (Å²) in [6.07, 6.45) is -1.68. The SMILES string of the molecule is COc1cn(-c2cccc(C(F)(F)F)c2)nc1C(=O)N(Cc1cccc(F)c1)CC1CCCO1. The molecule has 180 valence electrons. The van der Waals surface area contributed by atoms with Crippen molar-refractivity contribution >= 4 is 5.91 Å². The fraction of sp³-hybridized carbons (Fsp3) is 0.333. The summed E-state index contributed by atoms with van der Waals surface area (Å²) in [7, 11) is 1.35. The van der Waals surface area contributed by atoms with Crippen LogP contribution in [0.3, 0.4) is 0 Å². The maximum absolute atomic E-state index is 13.7. The van der Waals surface area contributed by atoms with Crippen molar-refractivity contribution in [2.24, 2.45) is 0 Å². The number of benzene rings is 2. The molecule has 4 rings (SSSR count). The van der Waals surface area contributed by atoms with E-state index in [1.165, 1.54) is 47.2 Å². The quantitative estimate of drug-likeness (QED) is 0.456. The number of carbonyl (C=O) groups is 1. The van der Waals surface area contributed by atoms with Crippen LogP contribution in [0.25, 0.3) is 5.69 Å². The Hall–Kier alpha value is -3.40. The molecule has 0 N–H and O–H groups in total. The Bertz CT molecular complexity index is 1160. The molecule has 0 aliphatic carbocycles. The van der Waals surface area contributed by atoms with Crippen molar-refractivity contribution in [2.75, 3.05) is 20.3 Å². The third-order valence-electron chi connectivity index (χ3n) is 5.54. The second-order valence-electron chi connectivity index (χ2n) is 7.99. The molecule has 1 aliphatic rings. The summed E-state index contributed by atoms with van der Waals surface area (Å²) in [5.41, 5.74) is -0.182. The lowest BCUT2D eigenvalue weighted by molar-refractivity contribution is -0.137. The minimum absolute atomic E-state index is 0.0608. The lowest BCUT2D eigenvalue weighted by Crippen LogP contribution is -2.37. The molecule has 2 aromatic carbocycles. The number of alkyl halides is 3. The van der Waals surface area contributed by atoms with Gasteiger partial charge in [-0.1, -0.05) is 18.2 Å². The Morgan fingerprint density at radius 2 is 2.03 bits per heavy atom. The fourth-order valence-electron chi connectivity index (χ4n) is 3.87. The third kappa shape index (κ3) is 5.39. The van der Waals surface area contributed by atoms with Crippen LogP contribution in [-0.4, -0.2) is 47.0 Å². The first-order chi connectivity index (χ1) is 16.2. The van der Waals surface area contributed by atoms with E-state index in [0.717, 1.165) is 25.0 Å². The Kier molecular flexibility index (Phi) is 6.87. The summed E-state index contributed by atoms with van der Waals surface area (Å²) in [5.74, 6) is -0.810. The summed E-state index contributed by atoms with van der Waals surface area (Å²) in [6.45, 7) is 0.963. The van der Waals surface area contributed by atoms with Crippen LogP contribution in [-0.2, 0) is 17.5 Å². The second-order valence-corrected chi connectivity index (χ2v) is 7.99. The van der Waals surface area contributed by atoms with Crippen LogP contribution in [0.15, 0.2) is 54.7 Å². The molecule has 0 saturated carbocycles. The normalized spacial score (nSPS) is 16.0. The van der Waals surface area contributed by atoms with Crippen LogP contribution in [0, 0.1) is 5.82 Å². The Labute approximate surface area is 193 Å². The van der Waals surface area contributed by atoms with E-state index >= 15 is 0 Å². The number of aromatic nitrogens is 2. The zero-order valence-corrected chi connectivity index (χ0v) is 18.4. The van der Waals surface area contributed by atoms with E-state index in [2.05, 4.69) is 5.10 Å². The lowest BCUT2D eigenvalue weighted by atomic mass is 10.1. The smallest absolute Gasteiger partial charge is 0.416 e. The number of rotatable bonds is 7. The van der Waals surface area contributed by atoms with Gasteiger partial charge in [-0.2, -0.15) is 18.3 Å². The van der Waals surface area contributed by atoms with Gasteiger partial charge in [0, 0.05) is 19.7 Å². The number of nitrogens with zero attached hydrogens (tertiary/aromatic N) is 3. The number of methoxy groups -OCH3 is 1. The zero-order chi connectivity index (χ0) is 24.3. The van der Waals surface area contributed by atoms with Crippen LogP contribution in [0.2, 0.25) is 0 Å². The molecule has 10 heteroatoms. The van der Waals surface area contributed by atoms with Crippen molar-refractivity contribution in [2.45, 2.75) is 31.7 Å². The van der Waals surface area contributed by atoms with Crippen LogP contribution < -0.4 is 4.74 Å². The van der Waals surface area contributed by atoms with Gasteiger partial charge in [0.2, 0.25) is 0 Å². The van der Waals surface area contributed by atoms with Gasteiger partial charge in [-0.05, 0) is 48.7 Å². The van der Waals surface area contributed by atoms with Gasteiger partial charge < -0.3 is 14.4 Å². The molecule has 2 heterocycles. The fourth-order valence-corrected chi connectivity index (χ4v) is 3.87. The summed E-state index contributed by atoms with van der Waals surface area (Å²) >= 11 is 0. The number of halogens is 4. The largest absolute Gasteiger partial charge is 0.493 e. The third-order valence-corrected chi connectivity index (χ3v) is 5.54. The van der Waals surface area contributed by atoms with E-state index in [9.17, 15) is 22.4 Å². The summed E-state index contributed by atoms with van der Waals surface area (Å²) in [4.78, 5) is 15.0. The Balaban J connectivity index is 1.66. The van der Waals surface area contributed by atoms with Gasteiger partial charge in [0.05, 0.1) is 30.7 Å². The van der Waals surface area contributed by atoms with Gasteiger partial charge in [-0.15, -0.1) is 0 Å². The Morgan fingerprint density at radius 3 is 2.71 bits per heavy atom. The highest BCUT2D eigenvalue weighted by atomic mass is 19.4. The van der Waals surface area contributed by atoms with E-state index in [-0.39, 0.29) is 36.3 Å². The van der Waals surface area contributed by atoms with E-state index in [1.807, 2.05) is 0 Å². The first-order valence-corrected chi connectivity index (χ1v) is 10.7. The van der Waals surface area contributed by atoms with Gasteiger partial charge in [-0.3, -0.25) is 4.79 Å². The van der Waals surface area contributed by atoms with Crippen LogP contribution in [0.4, 0.5) is 17.6 Å². The van der Waals surface area contributed by atoms with Gasteiger partial charge in [0.25, 0.3) is 5.91 Å². The molecule has 6 nitrogen and oxygen atoms in total. The average Bonchev–Trinajstić information content (AvgIpc) is 3.47. The summed E-state index contributed by atoms with van der Waals surface area (Å²) in [6, 6.07) is 10.5. The number of amides is 1. The highest BCUT2D eigenvalue weighted by Crippen LogP contribution is 2.31. The van der Waals surface area contributed by atoms with Gasteiger partial charge in [0.15, 0.2) is 11.4 Å². The number of ether oxygens (including phenoxy) is 2. The minimum atomic E-state index is -4.52. The van der Waals surface area contributed by atoms with E-state index < -0.39 is 23.5 Å². The van der Waals surface area contributed by atoms with Crippen molar-refractivity contribution < 1.29 is 31.8 Å². The van der Waals surface area contributed by atoms with Gasteiger partial charge in [0.1, 0.15) is 5.82 Å². The van der Waals surface area contributed by atoms with Crippen molar-refractivity contribution in [3.8, 4) is 11.4 Å². The van der Waals surface area contributed by atoms with E-state index in [0.29, 0.717) is 12.2 Å². The highest BCUT2D eigenvalue weighted by molar-refractivity contribution is 5.95. The molecule has 0 spiro atoms. The molecule has 1 saturated heterocycles. The molecule has 34 heavy (non-hydrogen) atoms. The molecular formula is C24H23F4N3O3. The summed E-state index contributed by atoms with van der Waals surface area (Å²) < 4.78 is 65.3. The van der Waals surface area contributed by atoms with Gasteiger partial charge >= 0.3 is 6.18 Å². The molecule has 1 atom stereocenters. The van der Waals surface area contributed by atoms with E-state index in [4.69, 9.17) is 9.47 Å². The maximum Gasteiger partial charge on any atom is 0.416 e. The topological polar surface area (TPSA) is 56.6 Å². The van der Waals surface area contributed by atoms with Crippen LogP contribution in [0.5, 0.6) is 5.75 Å². The standard InChI is InChI=1S/C24H23F4N3O3/c1-33-21-15-31(19-8-3-6-17(12-19)24(26,27)28)29-22(21)23(32)30(14-20-9-4-10-34-20)13-16-5-2-7-18(25)11-16/h2-3,5-8,11-12,15,20H,4,9-10,13-14H2,1H3. The molecule has 1 unspecified atom stereocenters. The van der Waals surface area contributed by atoms with Crippen molar-refractivity contribution in [3.05, 3.63) is 77.4 Å². The number of hydrogen-bond acceptors (Lipinski definition) is 4. The van der Waals surface area contributed by atoms with Crippen molar-refractivity contribution in [1.29, 1.82) is 0 Å². The van der Waals surface area contributed by atoms with Gasteiger partial charge in [-0.25, -0.2) is 9.07 Å². The first-order valence-electron chi connectivity index (χ1n) is 10.7. The van der Waals surface area contributed by atoms with Crippen molar-refractivity contribution in [1.82, 2.24) is 14.7 Å². The minimum Gasteiger partial charge on any atom is -0.493 e. The molecule has 0 radical (unpaired) electrons. The molecule has 1 aromatic heterocycles. The zero-order valence-electron chi connectivity index (χ0n) is 18.4. The molecule has 0 bridgehead atoms. The first kappa shape index (κ1) is 23.7. The highest BCUT2D eigenvalue weighted by Gasteiger charge is 2.31. The lowest BCUT2D eigenvalue weighted by Gasteiger charge is -2.25. The van der Waals surface area contributed by atoms with Crippen LogP contribution in [0.1, 0.15) is 34.5 Å². The maximum atomic E-state index is 13.7. The predicted octanol–water partition coefficient (Wildman–Crippen LogP) is 4.86. The van der Waals surface area contributed by atoms with E-state index in [1.54, 1.807) is 12.1 Å². The Morgan fingerprint density at radius 1 is 1.24 bits per heavy atom. The average molecular weight is 477 g/mol. The predicted molar refractivity (Wildman–Crippen MR) is 115 cm³/mol. The molecule has 3 aromatic rings. The summed E-state index contributed by atoms with van der Waals surface area (Å²) in [5, 5.41) is 4.25. The number of carbonyl (C=O) groups excluding carboxylic acids is 1. The second kappa shape index (κ2) is 9.84.